The van der Waals surface area contributed by atoms with Gasteiger partial charge in [-0.05, 0) is 50.0 Å². The molecule has 3 atom stereocenters. The first-order valence-corrected chi connectivity index (χ1v) is 12.5. The maximum Gasteiger partial charge on any atom is -0.0134 e. The van der Waals surface area contributed by atoms with Gasteiger partial charge in [0.1, 0.15) is 0 Å². The lowest BCUT2D eigenvalue weighted by Crippen LogP contribution is -2.24. The predicted octanol–water partition coefficient (Wildman–Crippen LogP) is 11.0. The quantitative estimate of drug-likeness (QED) is 0.254. The number of allylic oxidation sites excluding steroid dienone is 5. The largest absolute Gasteiger partial charge is 0.103 e. The summed E-state index contributed by atoms with van der Waals surface area (Å²) in [6, 6.07) is 0. The summed E-state index contributed by atoms with van der Waals surface area (Å²) < 4.78 is 0. The molecule has 0 heterocycles. The van der Waals surface area contributed by atoms with Crippen LogP contribution in [0.1, 0.15) is 129 Å². The minimum atomic E-state index is 0.709. The van der Waals surface area contributed by atoms with E-state index in [2.05, 4.69) is 79.3 Å². The van der Waals surface area contributed by atoms with Crippen molar-refractivity contribution in [2.45, 2.75) is 129 Å². The van der Waals surface area contributed by atoms with E-state index in [0.29, 0.717) is 5.92 Å². The zero-order valence-electron chi connectivity index (χ0n) is 22.5. The van der Waals surface area contributed by atoms with Crippen LogP contribution in [0.3, 0.4) is 0 Å². The van der Waals surface area contributed by atoms with Crippen LogP contribution >= 0.6 is 0 Å². The summed E-state index contributed by atoms with van der Waals surface area (Å²) in [6.07, 6.45) is 16.4. The van der Waals surface area contributed by atoms with Crippen LogP contribution in [-0.4, -0.2) is 0 Å². The highest BCUT2D eigenvalue weighted by molar-refractivity contribution is 5.22. The third-order valence-electron chi connectivity index (χ3n) is 4.31. The monoisotopic (exact) mass is 396 g/mol. The van der Waals surface area contributed by atoms with Crippen molar-refractivity contribution in [3.8, 4) is 0 Å². The number of hydrogen-bond donors (Lipinski definition) is 0. The Labute approximate surface area is 183 Å². The van der Waals surface area contributed by atoms with Crippen molar-refractivity contribution in [3.05, 3.63) is 36.5 Å². The highest BCUT2D eigenvalue weighted by Crippen LogP contribution is 2.37. The Kier molecular flexibility index (Phi) is 50.1. The minimum absolute atomic E-state index is 0.709. The second-order valence-electron chi connectivity index (χ2n) is 6.16. The Hall–Kier alpha value is -0.780. The summed E-state index contributed by atoms with van der Waals surface area (Å²) in [5, 5.41) is 0. The molecule has 0 aliphatic heterocycles. The van der Waals surface area contributed by atoms with Crippen LogP contribution in [0.25, 0.3) is 0 Å². The molecule has 0 bridgehead atoms. The minimum Gasteiger partial charge on any atom is -0.103 e. The van der Waals surface area contributed by atoms with E-state index in [1.54, 1.807) is 0 Å². The molecule has 0 aliphatic rings. The van der Waals surface area contributed by atoms with Crippen molar-refractivity contribution < 1.29 is 0 Å². The summed E-state index contributed by atoms with van der Waals surface area (Å²) >= 11 is 0. The first kappa shape index (κ1) is 37.9. The molecule has 0 nitrogen and oxygen atoms in total. The summed E-state index contributed by atoms with van der Waals surface area (Å²) in [5.41, 5.74) is 1.53. The second kappa shape index (κ2) is 37.0. The zero-order chi connectivity index (χ0) is 23.4. The molecule has 0 saturated heterocycles. The molecule has 3 unspecified atom stereocenters. The smallest absolute Gasteiger partial charge is 0.0134 e. The van der Waals surface area contributed by atoms with E-state index in [9.17, 15) is 0 Å². The normalized spacial score (nSPS) is 13.1. The van der Waals surface area contributed by atoms with Crippen molar-refractivity contribution in [2.75, 3.05) is 0 Å². The van der Waals surface area contributed by atoms with Crippen LogP contribution in [0.15, 0.2) is 36.5 Å². The van der Waals surface area contributed by atoms with Gasteiger partial charge in [-0.2, -0.15) is 0 Å². The Morgan fingerprint density at radius 2 is 1.29 bits per heavy atom. The molecular weight excluding hydrogens is 336 g/mol. The van der Waals surface area contributed by atoms with Crippen LogP contribution in [0, 0.1) is 17.8 Å². The van der Waals surface area contributed by atoms with Gasteiger partial charge in [0.25, 0.3) is 0 Å². The van der Waals surface area contributed by atoms with Crippen molar-refractivity contribution in [3.63, 3.8) is 0 Å². The third-order valence-corrected chi connectivity index (χ3v) is 4.31. The molecule has 0 spiro atoms. The summed E-state index contributed by atoms with van der Waals surface area (Å²) in [4.78, 5) is 0. The maximum atomic E-state index is 3.94. The van der Waals surface area contributed by atoms with Gasteiger partial charge < -0.3 is 0 Å². The summed E-state index contributed by atoms with van der Waals surface area (Å²) in [6.45, 7) is 31.5. The fourth-order valence-electron chi connectivity index (χ4n) is 3.37. The SMILES string of the molecule is C=CCC(CC)C(CC)C(CCC)C(/C=C\C)=C/C.CC.CC.CC.CCC. The van der Waals surface area contributed by atoms with E-state index in [1.165, 1.54) is 37.7 Å². The fourth-order valence-corrected chi connectivity index (χ4v) is 3.37. The number of hydrogen-bond acceptors (Lipinski definition) is 0. The standard InChI is InChI=1S/C19H34.C3H8.3C2H6/c1-7-13-16(10-4)18(12-6)19(15-9-3)17(11-5)14-8-2;1-3-2;3*1-2/h7-8,11,14,16,18-19H,1,9-10,12-13,15H2,2-6H3;3H2,1-2H3;3*1-2H3/b14-8-,17-11+;;;;. The molecule has 0 fully saturated rings. The molecule has 0 N–H and O–H groups in total. The lowest BCUT2D eigenvalue weighted by atomic mass is 9.72. The van der Waals surface area contributed by atoms with Crippen LogP contribution < -0.4 is 0 Å². The molecule has 0 radical (unpaired) electrons. The van der Waals surface area contributed by atoms with Crippen LogP contribution in [0.4, 0.5) is 0 Å². The third kappa shape index (κ3) is 21.5. The molecule has 0 aromatic heterocycles. The molecule has 0 aromatic carbocycles. The second-order valence-corrected chi connectivity index (χ2v) is 6.16. The molecular formula is C28H60. The Morgan fingerprint density at radius 3 is 1.54 bits per heavy atom. The van der Waals surface area contributed by atoms with Gasteiger partial charge in [-0.25, -0.2) is 0 Å². The van der Waals surface area contributed by atoms with Gasteiger partial charge in [0, 0.05) is 0 Å². The van der Waals surface area contributed by atoms with Gasteiger partial charge in [-0.15, -0.1) is 6.58 Å². The molecule has 0 aromatic rings. The van der Waals surface area contributed by atoms with Crippen molar-refractivity contribution in [2.24, 2.45) is 17.8 Å². The van der Waals surface area contributed by atoms with E-state index < -0.39 is 0 Å². The molecule has 0 amide bonds. The Balaban J connectivity index is -0.000000168. The molecule has 0 heteroatoms. The maximum absolute atomic E-state index is 3.94. The summed E-state index contributed by atoms with van der Waals surface area (Å²) in [5.74, 6) is 2.27. The lowest BCUT2D eigenvalue weighted by Gasteiger charge is -2.33. The Morgan fingerprint density at radius 1 is 0.821 bits per heavy atom. The predicted molar refractivity (Wildman–Crippen MR) is 139 cm³/mol. The van der Waals surface area contributed by atoms with E-state index in [-0.39, 0.29) is 0 Å². The van der Waals surface area contributed by atoms with E-state index in [4.69, 9.17) is 0 Å². The van der Waals surface area contributed by atoms with Crippen LogP contribution in [0.5, 0.6) is 0 Å². The number of rotatable bonds is 10. The van der Waals surface area contributed by atoms with E-state index >= 15 is 0 Å². The first-order valence-electron chi connectivity index (χ1n) is 12.5. The van der Waals surface area contributed by atoms with Crippen molar-refractivity contribution in [1.29, 1.82) is 0 Å². The Bertz CT molecular complexity index is 295. The van der Waals surface area contributed by atoms with Gasteiger partial charge in [-0.3, -0.25) is 0 Å². The molecule has 0 aliphatic carbocycles. The lowest BCUT2D eigenvalue weighted by molar-refractivity contribution is 0.230. The van der Waals surface area contributed by atoms with Gasteiger partial charge in [0.15, 0.2) is 0 Å². The molecule has 172 valence electrons. The van der Waals surface area contributed by atoms with Gasteiger partial charge in [0.2, 0.25) is 0 Å². The molecule has 28 heavy (non-hydrogen) atoms. The van der Waals surface area contributed by atoms with Crippen LogP contribution in [0.2, 0.25) is 0 Å². The van der Waals surface area contributed by atoms with Gasteiger partial charge >= 0.3 is 0 Å². The topological polar surface area (TPSA) is 0 Å². The highest BCUT2D eigenvalue weighted by Gasteiger charge is 2.27. The zero-order valence-corrected chi connectivity index (χ0v) is 22.5. The van der Waals surface area contributed by atoms with Gasteiger partial charge in [-0.1, -0.05) is 126 Å². The van der Waals surface area contributed by atoms with Gasteiger partial charge in [0.05, 0.1) is 0 Å². The van der Waals surface area contributed by atoms with E-state index in [1.807, 2.05) is 41.5 Å². The van der Waals surface area contributed by atoms with Crippen molar-refractivity contribution in [1.82, 2.24) is 0 Å². The first-order chi connectivity index (χ1) is 13.6. The summed E-state index contributed by atoms with van der Waals surface area (Å²) in [7, 11) is 0. The average Bonchev–Trinajstić information content (AvgIpc) is 2.76. The molecule has 0 rings (SSSR count). The van der Waals surface area contributed by atoms with Crippen LogP contribution in [-0.2, 0) is 0 Å². The molecule has 0 saturated carbocycles. The highest BCUT2D eigenvalue weighted by atomic mass is 14.3. The average molecular weight is 397 g/mol. The fraction of sp³-hybridized carbons (Fsp3) is 0.786. The van der Waals surface area contributed by atoms with E-state index in [0.717, 1.165) is 18.3 Å². The van der Waals surface area contributed by atoms with Crippen molar-refractivity contribution >= 4 is 0 Å².